The van der Waals surface area contributed by atoms with Gasteiger partial charge in [0.25, 0.3) is 5.56 Å². The van der Waals surface area contributed by atoms with E-state index in [4.69, 9.17) is 4.42 Å². The van der Waals surface area contributed by atoms with E-state index in [0.29, 0.717) is 17.6 Å². The Morgan fingerprint density at radius 1 is 1.03 bits per heavy atom. The molecule has 164 valence electrons. The fraction of sp³-hybridized carbons (Fsp3) is 0.333. The summed E-state index contributed by atoms with van der Waals surface area (Å²) < 4.78 is 6.93. The number of para-hydroxylation sites is 1. The van der Waals surface area contributed by atoms with Gasteiger partial charge in [-0.1, -0.05) is 31.0 Å². The van der Waals surface area contributed by atoms with Crippen molar-refractivity contribution in [3.8, 4) is 0 Å². The smallest absolute Gasteiger partial charge is 0.297 e. The third kappa shape index (κ3) is 4.08. The van der Waals surface area contributed by atoms with Crippen molar-refractivity contribution < 1.29 is 9.21 Å². The molecule has 0 aliphatic carbocycles. The van der Waals surface area contributed by atoms with Crippen LogP contribution in [0, 0.1) is 0 Å². The highest BCUT2D eigenvalue weighted by Gasteiger charge is 2.15. The molecular formula is C24H25N5O3. The average Bonchev–Trinajstić information content (AvgIpc) is 2.99. The second kappa shape index (κ2) is 8.82. The second-order valence-electron chi connectivity index (χ2n) is 8.16. The van der Waals surface area contributed by atoms with E-state index in [0.717, 1.165) is 29.9 Å². The molecule has 0 radical (unpaired) electrons. The summed E-state index contributed by atoms with van der Waals surface area (Å²) in [6, 6.07) is 11.4. The summed E-state index contributed by atoms with van der Waals surface area (Å²) in [7, 11) is 0. The van der Waals surface area contributed by atoms with Crippen molar-refractivity contribution in [1.82, 2.24) is 19.9 Å². The van der Waals surface area contributed by atoms with E-state index in [9.17, 15) is 9.59 Å². The fourth-order valence-corrected chi connectivity index (χ4v) is 4.15. The molecule has 1 N–H and O–H groups in total. The highest BCUT2D eigenvalue weighted by molar-refractivity contribution is 6.01. The lowest BCUT2D eigenvalue weighted by atomic mass is 10.2. The highest BCUT2D eigenvalue weighted by atomic mass is 16.3. The second-order valence-corrected chi connectivity index (χ2v) is 8.16. The van der Waals surface area contributed by atoms with Crippen LogP contribution in [-0.4, -0.2) is 33.5 Å². The largest absolute Gasteiger partial charge is 0.448 e. The Labute approximate surface area is 184 Å². The Bertz CT molecular complexity index is 1300. The van der Waals surface area contributed by atoms with Crippen LogP contribution in [0.15, 0.2) is 58.1 Å². The zero-order valence-corrected chi connectivity index (χ0v) is 17.8. The predicted molar refractivity (Wildman–Crippen MR) is 123 cm³/mol. The standard InChI is InChI=1S/C24H25N5O3/c30-21(26-14-17-9-10-20(25-13-17)28-11-5-1-2-6-12-28)15-29-16-27-22-18-7-3-4-8-19(18)32-23(22)24(29)31/h3-4,7-10,13,16H,1-2,5-6,11-12,14-15H2,(H,26,30). The first-order chi connectivity index (χ1) is 15.7. The summed E-state index contributed by atoms with van der Waals surface area (Å²) >= 11 is 0. The number of benzene rings is 1. The molecule has 0 atom stereocenters. The molecule has 1 aliphatic heterocycles. The molecule has 1 aromatic carbocycles. The maximum atomic E-state index is 12.8. The fourth-order valence-electron chi connectivity index (χ4n) is 4.15. The number of pyridine rings is 1. The summed E-state index contributed by atoms with van der Waals surface area (Å²) in [5.41, 5.74) is 1.82. The minimum atomic E-state index is -0.371. The number of rotatable bonds is 5. The Kier molecular flexibility index (Phi) is 5.58. The number of hydrogen-bond donors (Lipinski definition) is 1. The van der Waals surface area contributed by atoms with Crippen LogP contribution in [0.1, 0.15) is 31.2 Å². The Balaban J connectivity index is 1.23. The summed E-state index contributed by atoms with van der Waals surface area (Å²) in [6.45, 7) is 2.31. The molecule has 0 bridgehead atoms. The summed E-state index contributed by atoms with van der Waals surface area (Å²) in [5, 5.41) is 3.63. The topological polar surface area (TPSA) is 93.3 Å². The lowest BCUT2D eigenvalue weighted by Crippen LogP contribution is -2.32. The van der Waals surface area contributed by atoms with E-state index in [1.165, 1.54) is 36.6 Å². The van der Waals surface area contributed by atoms with Gasteiger partial charge in [0.05, 0.1) is 6.33 Å². The maximum Gasteiger partial charge on any atom is 0.297 e. The first-order valence-electron chi connectivity index (χ1n) is 11.0. The summed E-state index contributed by atoms with van der Waals surface area (Å²) in [4.78, 5) is 36.4. The Morgan fingerprint density at radius 2 is 1.84 bits per heavy atom. The summed E-state index contributed by atoms with van der Waals surface area (Å²) in [5.74, 6) is 0.708. The number of aromatic nitrogens is 3. The van der Waals surface area contributed by atoms with Crippen molar-refractivity contribution in [2.75, 3.05) is 18.0 Å². The van der Waals surface area contributed by atoms with Crippen LogP contribution in [0.5, 0.6) is 0 Å². The van der Waals surface area contributed by atoms with Gasteiger partial charge in [0.15, 0.2) is 0 Å². The van der Waals surface area contributed by atoms with Gasteiger partial charge in [0, 0.05) is 31.2 Å². The van der Waals surface area contributed by atoms with E-state index in [2.05, 4.69) is 20.2 Å². The number of amides is 1. The van der Waals surface area contributed by atoms with Gasteiger partial charge in [-0.2, -0.15) is 0 Å². The van der Waals surface area contributed by atoms with Gasteiger partial charge >= 0.3 is 0 Å². The minimum Gasteiger partial charge on any atom is -0.448 e. The zero-order valence-electron chi connectivity index (χ0n) is 17.8. The van der Waals surface area contributed by atoms with Crippen molar-refractivity contribution in [1.29, 1.82) is 0 Å². The predicted octanol–water partition coefficient (Wildman–Crippen LogP) is 3.23. The van der Waals surface area contributed by atoms with E-state index in [1.807, 2.05) is 30.3 Å². The molecule has 4 aromatic rings. The molecule has 0 unspecified atom stereocenters. The quantitative estimate of drug-likeness (QED) is 0.522. The number of anilines is 1. The maximum absolute atomic E-state index is 12.8. The van der Waals surface area contributed by atoms with E-state index < -0.39 is 0 Å². The normalized spacial score (nSPS) is 14.6. The number of carbonyl (C=O) groups excluding carboxylic acids is 1. The molecule has 3 aromatic heterocycles. The van der Waals surface area contributed by atoms with Crippen LogP contribution in [0.3, 0.4) is 0 Å². The van der Waals surface area contributed by atoms with Crippen LogP contribution in [0.25, 0.3) is 22.1 Å². The van der Waals surface area contributed by atoms with E-state index in [-0.39, 0.29) is 23.6 Å². The van der Waals surface area contributed by atoms with Gasteiger partial charge in [-0.3, -0.25) is 14.2 Å². The van der Waals surface area contributed by atoms with Crippen LogP contribution >= 0.6 is 0 Å². The minimum absolute atomic E-state index is 0.127. The SMILES string of the molecule is O=C(Cn1cnc2c(oc3ccccc32)c1=O)NCc1ccc(N2CCCCCC2)nc1. The van der Waals surface area contributed by atoms with Crippen molar-refractivity contribution in [2.45, 2.75) is 38.8 Å². The van der Waals surface area contributed by atoms with Crippen LogP contribution < -0.4 is 15.8 Å². The van der Waals surface area contributed by atoms with Gasteiger partial charge in [-0.25, -0.2) is 9.97 Å². The molecule has 4 heterocycles. The average molecular weight is 431 g/mol. The van der Waals surface area contributed by atoms with Gasteiger partial charge in [-0.05, 0) is 36.6 Å². The number of hydrogen-bond acceptors (Lipinski definition) is 6. The molecule has 1 fully saturated rings. The molecule has 8 nitrogen and oxygen atoms in total. The number of carbonyl (C=O) groups is 1. The molecule has 32 heavy (non-hydrogen) atoms. The Morgan fingerprint density at radius 3 is 2.62 bits per heavy atom. The number of furan rings is 1. The van der Waals surface area contributed by atoms with Gasteiger partial charge in [0.2, 0.25) is 11.5 Å². The number of nitrogens with one attached hydrogen (secondary N) is 1. The molecule has 5 rings (SSSR count). The van der Waals surface area contributed by atoms with Crippen LogP contribution in [0.2, 0.25) is 0 Å². The lowest BCUT2D eigenvalue weighted by molar-refractivity contribution is -0.121. The molecule has 1 saturated heterocycles. The van der Waals surface area contributed by atoms with E-state index >= 15 is 0 Å². The Hall–Kier alpha value is -3.68. The number of fused-ring (bicyclic) bond motifs is 3. The molecule has 0 spiro atoms. The van der Waals surface area contributed by atoms with Crippen molar-refractivity contribution in [3.05, 3.63) is 64.8 Å². The van der Waals surface area contributed by atoms with Crippen LogP contribution in [-0.2, 0) is 17.9 Å². The van der Waals surface area contributed by atoms with Gasteiger partial charge in [0.1, 0.15) is 23.5 Å². The van der Waals surface area contributed by atoms with Crippen molar-refractivity contribution in [2.24, 2.45) is 0 Å². The molecular weight excluding hydrogens is 406 g/mol. The third-order valence-electron chi connectivity index (χ3n) is 5.89. The summed E-state index contributed by atoms with van der Waals surface area (Å²) in [6.07, 6.45) is 8.16. The molecule has 8 heteroatoms. The third-order valence-corrected chi connectivity index (χ3v) is 5.89. The molecule has 0 saturated carbocycles. The highest BCUT2D eigenvalue weighted by Crippen LogP contribution is 2.24. The first-order valence-corrected chi connectivity index (χ1v) is 11.0. The van der Waals surface area contributed by atoms with Gasteiger partial charge in [-0.15, -0.1) is 0 Å². The zero-order chi connectivity index (χ0) is 21.9. The molecule has 1 aliphatic rings. The lowest BCUT2D eigenvalue weighted by Gasteiger charge is -2.21. The first kappa shape index (κ1) is 20.2. The van der Waals surface area contributed by atoms with Crippen molar-refractivity contribution >= 4 is 33.8 Å². The molecule has 1 amide bonds. The van der Waals surface area contributed by atoms with Crippen molar-refractivity contribution in [3.63, 3.8) is 0 Å². The monoisotopic (exact) mass is 431 g/mol. The number of nitrogens with zero attached hydrogens (tertiary/aromatic N) is 4. The van der Waals surface area contributed by atoms with Crippen LogP contribution in [0.4, 0.5) is 5.82 Å². The van der Waals surface area contributed by atoms with Gasteiger partial charge < -0.3 is 14.6 Å². The van der Waals surface area contributed by atoms with E-state index in [1.54, 1.807) is 12.3 Å².